The van der Waals surface area contributed by atoms with Gasteiger partial charge in [0.15, 0.2) is 5.13 Å². The lowest BCUT2D eigenvalue weighted by atomic mass is 10.1. The Morgan fingerprint density at radius 2 is 1.88 bits per heavy atom. The molecule has 24 heavy (non-hydrogen) atoms. The number of aromatic nitrogens is 1. The second-order valence-corrected chi connectivity index (χ2v) is 7.77. The molecular formula is C18H15BrN2OS2. The van der Waals surface area contributed by atoms with Crippen LogP contribution in [0.1, 0.15) is 15.9 Å². The smallest absolute Gasteiger partial charge is 0.257 e. The van der Waals surface area contributed by atoms with Gasteiger partial charge in [-0.2, -0.15) is 11.8 Å². The molecule has 1 amide bonds. The van der Waals surface area contributed by atoms with Crippen molar-refractivity contribution in [2.24, 2.45) is 0 Å². The number of amides is 1. The van der Waals surface area contributed by atoms with Crippen molar-refractivity contribution in [3.05, 3.63) is 69.5 Å². The van der Waals surface area contributed by atoms with Gasteiger partial charge in [-0.15, -0.1) is 11.3 Å². The molecule has 3 aromatic rings. The number of carbonyl (C=O) groups is 1. The molecule has 0 fully saturated rings. The van der Waals surface area contributed by atoms with Crippen LogP contribution in [-0.4, -0.2) is 17.1 Å². The molecule has 6 heteroatoms. The molecule has 0 unspecified atom stereocenters. The number of nitrogens with one attached hydrogen (secondary N) is 1. The number of halogens is 1. The van der Waals surface area contributed by atoms with E-state index in [1.165, 1.54) is 16.9 Å². The quantitative estimate of drug-likeness (QED) is 0.578. The summed E-state index contributed by atoms with van der Waals surface area (Å²) in [7, 11) is 0. The Morgan fingerprint density at radius 1 is 1.17 bits per heavy atom. The van der Waals surface area contributed by atoms with E-state index in [0.717, 1.165) is 21.5 Å². The van der Waals surface area contributed by atoms with Crippen LogP contribution in [0.15, 0.2) is 58.4 Å². The van der Waals surface area contributed by atoms with E-state index in [9.17, 15) is 4.79 Å². The van der Waals surface area contributed by atoms with Crippen LogP contribution in [0.4, 0.5) is 5.13 Å². The van der Waals surface area contributed by atoms with Crippen molar-refractivity contribution in [1.29, 1.82) is 0 Å². The van der Waals surface area contributed by atoms with Gasteiger partial charge in [-0.1, -0.05) is 40.2 Å². The normalized spacial score (nSPS) is 10.6. The van der Waals surface area contributed by atoms with E-state index in [1.807, 2.05) is 53.9 Å². The fourth-order valence-corrected chi connectivity index (χ4v) is 3.68. The van der Waals surface area contributed by atoms with Gasteiger partial charge in [-0.25, -0.2) is 4.98 Å². The van der Waals surface area contributed by atoms with Gasteiger partial charge in [-0.3, -0.25) is 10.1 Å². The summed E-state index contributed by atoms with van der Waals surface area (Å²) in [6, 6.07) is 15.6. The van der Waals surface area contributed by atoms with Gasteiger partial charge < -0.3 is 0 Å². The number of anilines is 1. The lowest BCUT2D eigenvalue weighted by molar-refractivity contribution is 0.102. The van der Waals surface area contributed by atoms with Crippen LogP contribution in [-0.2, 0) is 5.75 Å². The first-order valence-electron chi connectivity index (χ1n) is 7.26. The third-order valence-electron chi connectivity index (χ3n) is 3.39. The second-order valence-electron chi connectivity index (χ2n) is 5.13. The van der Waals surface area contributed by atoms with Crippen LogP contribution in [0.5, 0.6) is 0 Å². The molecule has 1 aromatic heterocycles. The fraction of sp³-hybridized carbons (Fsp3) is 0.111. The lowest BCUT2D eigenvalue weighted by Crippen LogP contribution is -2.11. The maximum absolute atomic E-state index is 12.3. The summed E-state index contributed by atoms with van der Waals surface area (Å²) in [5, 5.41) is 5.41. The molecule has 1 heterocycles. The molecule has 0 radical (unpaired) electrons. The highest BCUT2D eigenvalue weighted by Gasteiger charge is 2.10. The molecule has 122 valence electrons. The fourth-order valence-electron chi connectivity index (χ4n) is 2.17. The first-order valence-corrected chi connectivity index (χ1v) is 10.3. The molecule has 3 nitrogen and oxygen atoms in total. The van der Waals surface area contributed by atoms with Gasteiger partial charge in [-0.05, 0) is 36.1 Å². The number of hydrogen-bond donors (Lipinski definition) is 1. The van der Waals surface area contributed by atoms with Gasteiger partial charge in [0.2, 0.25) is 0 Å². The standard InChI is InChI=1S/C18H15BrN2OS2/c1-23-10-12-2-4-14(5-3-12)17(22)21-18-20-16(11-24-18)13-6-8-15(19)9-7-13/h2-9,11H,10H2,1H3,(H,20,21,22). The number of hydrogen-bond acceptors (Lipinski definition) is 4. The van der Waals surface area contributed by atoms with Crippen LogP contribution >= 0.6 is 39.0 Å². The van der Waals surface area contributed by atoms with E-state index in [2.05, 4.69) is 32.5 Å². The van der Waals surface area contributed by atoms with Gasteiger partial charge in [0, 0.05) is 26.7 Å². The van der Waals surface area contributed by atoms with Crippen molar-refractivity contribution in [3.8, 4) is 11.3 Å². The molecule has 0 atom stereocenters. The molecular weight excluding hydrogens is 404 g/mol. The summed E-state index contributed by atoms with van der Waals surface area (Å²) >= 11 is 6.61. The molecule has 0 aliphatic rings. The van der Waals surface area contributed by atoms with E-state index >= 15 is 0 Å². The highest BCUT2D eigenvalue weighted by molar-refractivity contribution is 9.10. The zero-order valence-electron chi connectivity index (χ0n) is 13.0. The van der Waals surface area contributed by atoms with Crippen LogP contribution < -0.4 is 5.32 Å². The zero-order valence-corrected chi connectivity index (χ0v) is 16.2. The molecule has 0 aliphatic carbocycles. The monoisotopic (exact) mass is 418 g/mol. The molecule has 0 spiro atoms. The van der Waals surface area contributed by atoms with Gasteiger partial charge in [0.25, 0.3) is 5.91 Å². The predicted molar refractivity (Wildman–Crippen MR) is 107 cm³/mol. The Hall–Kier alpha value is -1.63. The molecule has 0 bridgehead atoms. The Kier molecular flexibility index (Phi) is 5.71. The number of carbonyl (C=O) groups excluding carboxylic acids is 1. The summed E-state index contributed by atoms with van der Waals surface area (Å²) in [6.07, 6.45) is 2.06. The molecule has 0 aliphatic heterocycles. The van der Waals surface area contributed by atoms with Crippen LogP contribution in [0.25, 0.3) is 11.3 Å². The Morgan fingerprint density at radius 3 is 2.54 bits per heavy atom. The van der Waals surface area contributed by atoms with E-state index in [0.29, 0.717) is 10.7 Å². The summed E-state index contributed by atoms with van der Waals surface area (Å²) in [4.78, 5) is 16.8. The van der Waals surface area contributed by atoms with Gasteiger partial charge in [0.05, 0.1) is 5.69 Å². The minimum absolute atomic E-state index is 0.137. The Bertz CT molecular complexity index is 829. The molecule has 0 saturated carbocycles. The maximum Gasteiger partial charge on any atom is 0.257 e. The first-order chi connectivity index (χ1) is 11.7. The van der Waals surface area contributed by atoms with Crippen molar-refractivity contribution in [2.75, 3.05) is 11.6 Å². The lowest BCUT2D eigenvalue weighted by Gasteiger charge is -2.03. The Balaban J connectivity index is 1.69. The minimum atomic E-state index is -0.137. The SMILES string of the molecule is CSCc1ccc(C(=O)Nc2nc(-c3ccc(Br)cc3)cs2)cc1. The summed E-state index contributed by atoms with van der Waals surface area (Å²) < 4.78 is 1.03. The van der Waals surface area contributed by atoms with E-state index in [-0.39, 0.29) is 5.91 Å². The van der Waals surface area contributed by atoms with Crippen molar-refractivity contribution in [3.63, 3.8) is 0 Å². The highest BCUT2D eigenvalue weighted by Crippen LogP contribution is 2.26. The Labute approximate surface area is 157 Å². The van der Waals surface area contributed by atoms with Gasteiger partial charge >= 0.3 is 0 Å². The number of rotatable bonds is 5. The number of thioether (sulfide) groups is 1. The third kappa shape index (κ3) is 4.26. The summed E-state index contributed by atoms with van der Waals surface area (Å²) in [5.74, 6) is 0.813. The average molecular weight is 419 g/mol. The van der Waals surface area contributed by atoms with Crippen molar-refractivity contribution >= 4 is 50.1 Å². The summed E-state index contributed by atoms with van der Waals surface area (Å²) in [6.45, 7) is 0. The third-order valence-corrected chi connectivity index (χ3v) is 5.30. The minimum Gasteiger partial charge on any atom is -0.298 e. The molecule has 1 N–H and O–H groups in total. The maximum atomic E-state index is 12.3. The van der Waals surface area contributed by atoms with Crippen molar-refractivity contribution in [2.45, 2.75) is 5.75 Å². The highest BCUT2D eigenvalue weighted by atomic mass is 79.9. The molecule has 2 aromatic carbocycles. The van der Waals surface area contributed by atoms with Crippen molar-refractivity contribution in [1.82, 2.24) is 4.98 Å². The predicted octanol–water partition coefficient (Wildman–Crippen LogP) is 5.69. The topological polar surface area (TPSA) is 42.0 Å². The first kappa shape index (κ1) is 17.2. The van der Waals surface area contributed by atoms with Crippen LogP contribution in [0.2, 0.25) is 0 Å². The van der Waals surface area contributed by atoms with E-state index < -0.39 is 0 Å². The van der Waals surface area contributed by atoms with Crippen molar-refractivity contribution < 1.29 is 4.79 Å². The van der Waals surface area contributed by atoms with Crippen LogP contribution in [0.3, 0.4) is 0 Å². The van der Waals surface area contributed by atoms with E-state index in [1.54, 1.807) is 11.8 Å². The van der Waals surface area contributed by atoms with Gasteiger partial charge in [0.1, 0.15) is 0 Å². The average Bonchev–Trinajstić information content (AvgIpc) is 3.05. The molecule has 0 saturated heterocycles. The van der Waals surface area contributed by atoms with Crippen LogP contribution in [0, 0.1) is 0 Å². The molecule has 3 rings (SSSR count). The van der Waals surface area contributed by atoms with E-state index in [4.69, 9.17) is 0 Å². The largest absolute Gasteiger partial charge is 0.298 e. The summed E-state index contributed by atoms with van der Waals surface area (Å²) in [5.41, 5.74) is 3.74. The number of thiazole rings is 1. The second kappa shape index (κ2) is 7.96. The zero-order chi connectivity index (χ0) is 16.9. The number of nitrogens with zero attached hydrogens (tertiary/aromatic N) is 1. The number of benzene rings is 2.